The number of carbonyl (C=O) groups excluding carboxylic acids is 3. The van der Waals surface area contributed by atoms with E-state index in [1.165, 1.54) is 11.0 Å². The van der Waals surface area contributed by atoms with E-state index in [0.29, 0.717) is 25.9 Å². The van der Waals surface area contributed by atoms with Gasteiger partial charge in [-0.2, -0.15) is 0 Å². The Kier molecular flexibility index (Phi) is 5.09. The van der Waals surface area contributed by atoms with E-state index in [1.807, 2.05) is 0 Å². The Morgan fingerprint density at radius 2 is 2.16 bits per heavy atom. The number of carbonyl (C=O) groups is 3. The lowest BCUT2D eigenvalue weighted by molar-refractivity contribution is -0.141. The molecular formula is C13H21N3O3. The molecule has 1 fully saturated rings. The summed E-state index contributed by atoms with van der Waals surface area (Å²) in [5.74, 6) is -1.07. The second-order valence-corrected chi connectivity index (χ2v) is 4.75. The summed E-state index contributed by atoms with van der Waals surface area (Å²) < 4.78 is 0. The molecule has 1 aliphatic rings. The topological polar surface area (TPSA) is 83.7 Å². The van der Waals surface area contributed by atoms with Crippen LogP contribution in [0, 0.1) is 5.92 Å². The molecule has 1 aliphatic heterocycles. The number of nitrogens with two attached hydrogens (primary N) is 1. The zero-order chi connectivity index (χ0) is 14.6. The maximum Gasteiger partial charge on any atom is 0.245 e. The molecule has 1 heterocycles. The molecule has 0 spiro atoms. The van der Waals surface area contributed by atoms with Crippen molar-refractivity contribution >= 4 is 17.7 Å². The standard InChI is InChI=1S/C13H21N3O3/c1-4-10(12(14)18)15(3)13(19)9-6-7-16(8-9)11(17)5-2/h5,9-10H,2,4,6-8H2,1,3H3,(H2,14,18)/t9-,10?/m0/s1. The van der Waals surface area contributed by atoms with Gasteiger partial charge in [-0.3, -0.25) is 14.4 Å². The Hall–Kier alpha value is -1.85. The number of likely N-dealkylation sites (tertiary alicyclic amines) is 1. The molecule has 1 unspecified atom stereocenters. The number of nitrogens with zero attached hydrogens (tertiary/aromatic N) is 2. The second-order valence-electron chi connectivity index (χ2n) is 4.75. The number of hydrogen-bond acceptors (Lipinski definition) is 3. The molecule has 2 atom stereocenters. The molecule has 0 bridgehead atoms. The van der Waals surface area contributed by atoms with Crippen LogP contribution in [0.2, 0.25) is 0 Å². The minimum absolute atomic E-state index is 0.134. The quantitative estimate of drug-likeness (QED) is 0.697. The first-order valence-corrected chi connectivity index (χ1v) is 6.39. The highest BCUT2D eigenvalue weighted by molar-refractivity contribution is 5.90. The highest BCUT2D eigenvalue weighted by Crippen LogP contribution is 2.20. The summed E-state index contributed by atoms with van der Waals surface area (Å²) in [6.45, 7) is 6.16. The molecule has 0 aromatic rings. The Morgan fingerprint density at radius 1 is 1.53 bits per heavy atom. The molecule has 1 rings (SSSR count). The number of rotatable bonds is 5. The highest BCUT2D eigenvalue weighted by atomic mass is 16.2. The zero-order valence-electron chi connectivity index (χ0n) is 11.5. The van der Waals surface area contributed by atoms with Gasteiger partial charge < -0.3 is 15.5 Å². The van der Waals surface area contributed by atoms with Crippen molar-refractivity contribution in [3.8, 4) is 0 Å². The van der Waals surface area contributed by atoms with Gasteiger partial charge in [-0.1, -0.05) is 13.5 Å². The minimum Gasteiger partial charge on any atom is -0.368 e. The van der Waals surface area contributed by atoms with Crippen molar-refractivity contribution in [3.63, 3.8) is 0 Å². The molecule has 0 radical (unpaired) electrons. The summed E-state index contributed by atoms with van der Waals surface area (Å²) in [5, 5.41) is 0. The summed E-state index contributed by atoms with van der Waals surface area (Å²) in [6.07, 6.45) is 2.34. The molecular weight excluding hydrogens is 246 g/mol. The van der Waals surface area contributed by atoms with E-state index in [2.05, 4.69) is 6.58 Å². The lowest BCUT2D eigenvalue weighted by atomic mass is 10.1. The van der Waals surface area contributed by atoms with E-state index in [4.69, 9.17) is 5.73 Å². The molecule has 106 valence electrons. The lowest BCUT2D eigenvalue weighted by Gasteiger charge is -2.27. The molecule has 3 amide bonds. The van der Waals surface area contributed by atoms with Gasteiger partial charge >= 0.3 is 0 Å². The first-order valence-electron chi connectivity index (χ1n) is 6.39. The van der Waals surface area contributed by atoms with Gasteiger partial charge in [0.15, 0.2) is 0 Å². The van der Waals surface area contributed by atoms with Crippen molar-refractivity contribution in [1.82, 2.24) is 9.80 Å². The molecule has 6 heteroatoms. The van der Waals surface area contributed by atoms with E-state index >= 15 is 0 Å². The van der Waals surface area contributed by atoms with Crippen LogP contribution < -0.4 is 5.73 Å². The van der Waals surface area contributed by atoms with Crippen molar-refractivity contribution in [2.24, 2.45) is 11.7 Å². The normalized spacial score (nSPS) is 19.9. The van der Waals surface area contributed by atoms with Crippen LogP contribution >= 0.6 is 0 Å². The van der Waals surface area contributed by atoms with Crippen molar-refractivity contribution < 1.29 is 14.4 Å². The van der Waals surface area contributed by atoms with Crippen LogP contribution in [-0.4, -0.2) is 53.7 Å². The molecule has 0 aliphatic carbocycles. The van der Waals surface area contributed by atoms with Gasteiger partial charge in [0.1, 0.15) is 6.04 Å². The Bertz CT molecular complexity index is 395. The van der Waals surface area contributed by atoms with Crippen LogP contribution in [-0.2, 0) is 14.4 Å². The first kappa shape index (κ1) is 15.2. The summed E-state index contributed by atoms with van der Waals surface area (Å²) in [5.41, 5.74) is 5.27. The molecule has 0 aromatic heterocycles. The molecule has 0 aromatic carbocycles. The van der Waals surface area contributed by atoms with Crippen molar-refractivity contribution in [1.29, 1.82) is 0 Å². The van der Waals surface area contributed by atoms with Gasteiger partial charge in [-0.05, 0) is 18.9 Å². The summed E-state index contributed by atoms with van der Waals surface area (Å²) in [6, 6.07) is -0.586. The Labute approximate surface area is 113 Å². The van der Waals surface area contributed by atoms with Crippen LogP contribution in [0.3, 0.4) is 0 Å². The van der Waals surface area contributed by atoms with Crippen LogP contribution in [0.1, 0.15) is 19.8 Å². The monoisotopic (exact) mass is 267 g/mol. The summed E-state index contributed by atoms with van der Waals surface area (Å²) in [7, 11) is 1.58. The predicted octanol–water partition coefficient (Wildman–Crippen LogP) is -0.257. The number of amides is 3. The third-order valence-corrected chi connectivity index (χ3v) is 3.55. The van der Waals surface area contributed by atoms with Crippen LogP contribution in [0.5, 0.6) is 0 Å². The minimum atomic E-state index is -0.586. The van der Waals surface area contributed by atoms with E-state index in [0.717, 1.165) is 0 Å². The van der Waals surface area contributed by atoms with Gasteiger partial charge in [0.05, 0.1) is 5.92 Å². The lowest BCUT2D eigenvalue weighted by Crippen LogP contribution is -2.47. The van der Waals surface area contributed by atoms with E-state index in [1.54, 1.807) is 18.9 Å². The fourth-order valence-corrected chi connectivity index (χ4v) is 2.40. The molecule has 1 saturated heterocycles. The van der Waals surface area contributed by atoms with Crippen LogP contribution in [0.4, 0.5) is 0 Å². The van der Waals surface area contributed by atoms with Crippen molar-refractivity contribution in [3.05, 3.63) is 12.7 Å². The second kappa shape index (κ2) is 6.36. The molecule has 19 heavy (non-hydrogen) atoms. The van der Waals surface area contributed by atoms with Gasteiger partial charge in [0, 0.05) is 20.1 Å². The van der Waals surface area contributed by atoms with E-state index in [-0.39, 0.29) is 17.7 Å². The average Bonchev–Trinajstić information content (AvgIpc) is 2.86. The molecule has 2 N–H and O–H groups in total. The first-order chi connectivity index (χ1) is 8.92. The maximum absolute atomic E-state index is 12.3. The highest BCUT2D eigenvalue weighted by Gasteiger charge is 2.34. The van der Waals surface area contributed by atoms with E-state index < -0.39 is 11.9 Å². The van der Waals surface area contributed by atoms with Crippen molar-refractivity contribution in [2.45, 2.75) is 25.8 Å². The SMILES string of the molecule is C=CC(=O)N1CC[C@H](C(=O)N(C)C(CC)C(N)=O)C1. The third-order valence-electron chi connectivity index (χ3n) is 3.55. The number of likely N-dealkylation sites (N-methyl/N-ethyl adjacent to an activating group) is 1. The predicted molar refractivity (Wildman–Crippen MR) is 70.9 cm³/mol. The molecule has 0 saturated carbocycles. The summed E-state index contributed by atoms with van der Waals surface area (Å²) >= 11 is 0. The smallest absolute Gasteiger partial charge is 0.245 e. The fourth-order valence-electron chi connectivity index (χ4n) is 2.40. The van der Waals surface area contributed by atoms with Gasteiger partial charge in [-0.25, -0.2) is 0 Å². The van der Waals surface area contributed by atoms with Crippen LogP contribution in [0.25, 0.3) is 0 Å². The van der Waals surface area contributed by atoms with Gasteiger partial charge in [0.25, 0.3) is 0 Å². The van der Waals surface area contributed by atoms with Gasteiger partial charge in [0.2, 0.25) is 17.7 Å². The Balaban J connectivity index is 2.66. The largest absolute Gasteiger partial charge is 0.368 e. The Morgan fingerprint density at radius 3 is 2.63 bits per heavy atom. The zero-order valence-corrected chi connectivity index (χ0v) is 11.5. The van der Waals surface area contributed by atoms with E-state index in [9.17, 15) is 14.4 Å². The third kappa shape index (κ3) is 3.33. The van der Waals surface area contributed by atoms with Crippen LogP contribution in [0.15, 0.2) is 12.7 Å². The van der Waals surface area contributed by atoms with Crippen molar-refractivity contribution in [2.75, 3.05) is 20.1 Å². The molecule has 6 nitrogen and oxygen atoms in total. The fraction of sp³-hybridized carbons (Fsp3) is 0.615. The van der Waals surface area contributed by atoms with Gasteiger partial charge in [-0.15, -0.1) is 0 Å². The summed E-state index contributed by atoms with van der Waals surface area (Å²) in [4.78, 5) is 38.0. The maximum atomic E-state index is 12.3. The average molecular weight is 267 g/mol. The number of primary amides is 1. The number of hydrogen-bond donors (Lipinski definition) is 1.